The highest BCUT2D eigenvalue weighted by Gasteiger charge is 2.53. The van der Waals surface area contributed by atoms with Crippen molar-refractivity contribution in [2.24, 2.45) is 16.6 Å². The van der Waals surface area contributed by atoms with Crippen LogP contribution in [0.15, 0.2) is 0 Å². The summed E-state index contributed by atoms with van der Waals surface area (Å²) in [7, 11) is 0. The van der Waals surface area contributed by atoms with Gasteiger partial charge in [0.15, 0.2) is 0 Å². The summed E-state index contributed by atoms with van der Waals surface area (Å²) in [5.74, 6) is -0.447. The van der Waals surface area contributed by atoms with Crippen LogP contribution in [-0.4, -0.2) is 16.7 Å². The molecule has 0 bridgehead atoms. The fourth-order valence-corrected chi connectivity index (χ4v) is 1.71. The van der Waals surface area contributed by atoms with Crippen LogP contribution in [0.3, 0.4) is 0 Å². The first kappa shape index (κ1) is 13.4. The Kier molecular flexibility index (Phi) is 3.36. The second-order valence-electron chi connectivity index (χ2n) is 5.54. The maximum absolute atomic E-state index is 11.7. The molecule has 0 aliphatic heterocycles. The second kappa shape index (κ2) is 3.51. The number of amides is 1. The molecule has 1 atom stereocenters. The van der Waals surface area contributed by atoms with E-state index < -0.39 is 16.9 Å². The molecule has 0 fully saturated rings. The lowest BCUT2D eigenvalue weighted by Crippen LogP contribution is -2.62. The Morgan fingerprint density at radius 2 is 1.50 bits per heavy atom. The summed E-state index contributed by atoms with van der Waals surface area (Å²) in [4.78, 5) is 11.7. The molecule has 4 heteroatoms. The lowest BCUT2D eigenvalue weighted by atomic mass is 9.58. The van der Waals surface area contributed by atoms with Gasteiger partial charge in [-0.3, -0.25) is 10.0 Å². The molecule has 0 rings (SSSR count). The predicted octanol–water partition coefficient (Wildman–Crippen LogP) is 1.28. The Hall–Kier alpha value is -0.610. The third kappa shape index (κ3) is 1.91. The van der Waals surface area contributed by atoms with Gasteiger partial charge in [0.25, 0.3) is 5.91 Å². The topological polar surface area (TPSA) is 75.3 Å². The highest BCUT2D eigenvalue weighted by Crippen LogP contribution is 2.45. The minimum absolute atomic E-state index is 0.335. The third-order valence-corrected chi connectivity index (χ3v) is 3.34. The molecule has 0 saturated carbocycles. The van der Waals surface area contributed by atoms with E-state index in [1.807, 2.05) is 20.8 Å². The molecular formula is C10H22N2O2. The van der Waals surface area contributed by atoms with Crippen LogP contribution in [0.2, 0.25) is 0 Å². The summed E-state index contributed by atoms with van der Waals surface area (Å²) in [6.45, 7) is 11.1. The first-order valence-corrected chi connectivity index (χ1v) is 4.72. The van der Waals surface area contributed by atoms with E-state index in [9.17, 15) is 4.79 Å². The van der Waals surface area contributed by atoms with Gasteiger partial charge in [0.1, 0.15) is 0 Å². The van der Waals surface area contributed by atoms with E-state index in [2.05, 4.69) is 0 Å². The number of rotatable bonds is 2. The van der Waals surface area contributed by atoms with Gasteiger partial charge < -0.3 is 5.73 Å². The zero-order valence-corrected chi connectivity index (χ0v) is 9.93. The van der Waals surface area contributed by atoms with Crippen molar-refractivity contribution in [3.05, 3.63) is 0 Å². The second-order valence-corrected chi connectivity index (χ2v) is 5.54. The highest BCUT2D eigenvalue weighted by atomic mass is 16.5. The zero-order valence-electron chi connectivity index (χ0n) is 9.93. The monoisotopic (exact) mass is 202 g/mol. The van der Waals surface area contributed by atoms with Gasteiger partial charge in [0.05, 0.1) is 5.41 Å². The molecule has 0 radical (unpaired) electrons. The number of nitrogens with one attached hydrogen (secondary N) is 1. The average molecular weight is 202 g/mol. The SMILES string of the molecule is CC(C)(C)C(C)(C(=O)NO)C(C)(C)N. The normalized spacial score (nSPS) is 17.4. The number of hydrogen-bond acceptors (Lipinski definition) is 3. The van der Waals surface area contributed by atoms with Crippen LogP contribution in [0.25, 0.3) is 0 Å². The predicted molar refractivity (Wildman–Crippen MR) is 55.8 cm³/mol. The van der Waals surface area contributed by atoms with E-state index in [-0.39, 0.29) is 5.41 Å². The van der Waals surface area contributed by atoms with Crippen molar-refractivity contribution in [2.75, 3.05) is 0 Å². The van der Waals surface area contributed by atoms with Gasteiger partial charge in [-0.1, -0.05) is 20.8 Å². The van der Waals surface area contributed by atoms with Gasteiger partial charge in [-0.05, 0) is 26.2 Å². The summed E-state index contributed by atoms with van der Waals surface area (Å²) in [5.41, 5.74) is 5.82. The Bertz CT molecular complexity index is 209. The van der Waals surface area contributed by atoms with Crippen LogP contribution in [0.1, 0.15) is 41.5 Å². The van der Waals surface area contributed by atoms with Crippen LogP contribution in [-0.2, 0) is 4.79 Å². The van der Waals surface area contributed by atoms with Gasteiger partial charge >= 0.3 is 0 Å². The van der Waals surface area contributed by atoms with Crippen LogP contribution in [0, 0.1) is 10.8 Å². The molecule has 0 aromatic carbocycles. The third-order valence-electron chi connectivity index (χ3n) is 3.34. The van der Waals surface area contributed by atoms with E-state index in [1.165, 1.54) is 0 Å². The first-order valence-electron chi connectivity index (χ1n) is 4.72. The lowest BCUT2D eigenvalue weighted by molar-refractivity contribution is -0.150. The average Bonchev–Trinajstić information content (AvgIpc) is 1.97. The molecule has 1 unspecified atom stereocenters. The van der Waals surface area contributed by atoms with Crippen molar-refractivity contribution in [1.82, 2.24) is 5.48 Å². The first-order chi connectivity index (χ1) is 5.98. The van der Waals surface area contributed by atoms with Crippen molar-refractivity contribution in [2.45, 2.75) is 47.1 Å². The van der Waals surface area contributed by atoms with E-state index >= 15 is 0 Å². The van der Waals surface area contributed by atoms with Gasteiger partial charge in [-0.15, -0.1) is 0 Å². The van der Waals surface area contributed by atoms with Crippen LogP contribution < -0.4 is 11.2 Å². The maximum atomic E-state index is 11.7. The quantitative estimate of drug-likeness (QED) is 0.466. The van der Waals surface area contributed by atoms with E-state index in [1.54, 1.807) is 26.3 Å². The van der Waals surface area contributed by atoms with Crippen LogP contribution in [0.4, 0.5) is 0 Å². The molecule has 0 heterocycles. The Balaban J connectivity index is 5.40. The van der Waals surface area contributed by atoms with Crippen molar-refractivity contribution >= 4 is 5.91 Å². The van der Waals surface area contributed by atoms with Gasteiger partial charge in [0, 0.05) is 5.54 Å². The van der Waals surface area contributed by atoms with Gasteiger partial charge in [0.2, 0.25) is 0 Å². The zero-order chi connectivity index (χ0) is 11.8. The van der Waals surface area contributed by atoms with Gasteiger partial charge in [-0.2, -0.15) is 0 Å². The number of hydroxylamine groups is 1. The molecule has 1 amide bonds. The molecule has 0 aromatic heterocycles. The molecule has 0 spiro atoms. The maximum Gasteiger partial charge on any atom is 0.251 e. The van der Waals surface area contributed by atoms with E-state index in [0.29, 0.717) is 0 Å². The molecule has 14 heavy (non-hydrogen) atoms. The fourth-order valence-electron chi connectivity index (χ4n) is 1.71. The molecule has 0 aromatic rings. The number of carbonyl (C=O) groups excluding carboxylic acids is 1. The minimum atomic E-state index is -0.839. The van der Waals surface area contributed by atoms with E-state index in [0.717, 1.165) is 0 Å². The summed E-state index contributed by atoms with van der Waals surface area (Å²) >= 11 is 0. The summed E-state index contributed by atoms with van der Waals surface area (Å²) in [5, 5.41) is 8.74. The molecule has 0 saturated heterocycles. The Morgan fingerprint density at radius 3 is 1.57 bits per heavy atom. The molecule has 4 N–H and O–H groups in total. The summed E-state index contributed by atoms with van der Waals surface area (Å²) in [6, 6.07) is 0. The molecular weight excluding hydrogens is 180 g/mol. The van der Waals surface area contributed by atoms with Crippen molar-refractivity contribution < 1.29 is 10.0 Å². The highest BCUT2D eigenvalue weighted by molar-refractivity contribution is 5.83. The molecule has 4 nitrogen and oxygen atoms in total. The Labute approximate surface area is 85.8 Å². The van der Waals surface area contributed by atoms with E-state index in [4.69, 9.17) is 10.9 Å². The number of carbonyl (C=O) groups is 1. The molecule has 0 aliphatic rings. The van der Waals surface area contributed by atoms with Crippen LogP contribution >= 0.6 is 0 Å². The summed E-state index contributed by atoms with van der Waals surface area (Å²) in [6.07, 6.45) is 0. The number of hydrogen-bond donors (Lipinski definition) is 3. The molecule has 84 valence electrons. The van der Waals surface area contributed by atoms with Crippen LogP contribution in [0.5, 0.6) is 0 Å². The van der Waals surface area contributed by atoms with Crippen molar-refractivity contribution in [3.8, 4) is 0 Å². The minimum Gasteiger partial charge on any atom is -0.325 e. The largest absolute Gasteiger partial charge is 0.325 e. The summed E-state index contributed by atoms with van der Waals surface area (Å²) < 4.78 is 0. The number of nitrogens with two attached hydrogens (primary N) is 1. The Morgan fingerprint density at radius 1 is 1.14 bits per heavy atom. The fraction of sp³-hybridized carbons (Fsp3) is 0.900. The van der Waals surface area contributed by atoms with Gasteiger partial charge in [-0.25, -0.2) is 5.48 Å². The lowest BCUT2D eigenvalue weighted by Gasteiger charge is -2.48. The van der Waals surface area contributed by atoms with Crippen molar-refractivity contribution in [1.29, 1.82) is 0 Å². The molecule has 0 aliphatic carbocycles. The smallest absolute Gasteiger partial charge is 0.251 e. The standard InChI is InChI=1S/C10H22N2O2/c1-8(2,3)10(6,7(13)12-14)9(4,5)11/h14H,11H2,1-6H3,(H,12,13). The van der Waals surface area contributed by atoms with Crippen molar-refractivity contribution in [3.63, 3.8) is 0 Å².